The van der Waals surface area contributed by atoms with Gasteiger partial charge in [-0.1, -0.05) is 33.6 Å². The number of aliphatic hydroxyl groups excluding tert-OH is 1. The molecule has 27 heavy (non-hydrogen) atoms. The average molecular weight is 373 g/mol. The molecule has 8 atom stereocenters. The number of hydrogen-bond acceptors (Lipinski definition) is 2. The Bertz CT molecular complexity index is 605. The van der Waals surface area contributed by atoms with Gasteiger partial charge in [0, 0.05) is 12.2 Å². The molecular formula is C25H40O2. The Kier molecular flexibility index (Phi) is 5.36. The van der Waals surface area contributed by atoms with E-state index in [2.05, 4.69) is 26.7 Å². The third kappa shape index (κ3) is 2.98. The highest BCUT2D eigenvalue weighted by molar-refractivity contribution is 5.55. The Morgan fingerprint density at radius 1 is 1.07 bits per heavy atom. The van der Waals surface area contributed by atoms with Crippen LogP contribution in [0.1, 0.15) is 91.4 Å². The fourth-order valence-electron chi connectivity index (χ4n) is 8.72. The first-order valence-electron chi connectivity index (χ1n) is 11.8. The SMILES string of the molecule is CC(CCCO)[C@H]1CC[C@H]2[C@@H]3C(=C=O)CC4CCCC[C@]4(C)[C@H]3CC[C@]12C. The minimum absolute atomic E-state index is 0.319. The standard InChI is InChI=1S/C25H40O2/c1-17(7-6-14-26)20-9-10-21-23-18(16-27)15-19-8-4-5-12-24(19,2)22(23)11-13-25(20,21)3/h17,19-23,26H,4-15H2,1-3H3/t17?,19?,20-,21+,22+,23+,24+,25-/m1/s1. The summed E-state index contributed by atoms with van der Waals surface area (Å²) >= 11 is 0. The van der Waals surface area contributed by atoms with Crippen molar-refractivity contribution < 1.29 is 9.90 Å². The van der Waals surface area contributed by atoms with Gasteiger partial charge in [0.1, 0.15) is 5.94 Å². The van der Waals surface area contributed by atoms with Crippen molar-refractivity contribution in [3.05, 3.63) is 5.57 Å². The lowest BCUT2D eigenvalue weighted by Gasteiger charge is -2.60. The van der Waals surface area contributed by atoms with Crippen molar-refractivity contribution in [3.63, 3.8) is 0 Å². The molecule has 152 valence electrons. The summed E-state index contributed by atoms with van der Waals surface area (Å²) in [6.07, 6.45) is 13.9. The molecule has 0 aromatic rings. The number of carbonyl (C=O) groups excluding carboxylic acids is 1. The van der Waals surface area contributed by atoms with E-state index in [0.717, 1.165) is 37.0 Å². The molecule has 0 amide bonds. The number of hydrogen-bond donors (Lipinski definition) is 1. The lowest BCUT2D eigenvalue weighted by molar-refractivity contribution is -0.0892. The second-order valence-corrected chi connectivity index (χ2v) is 11.1. The fraction of sp³-hybridized carbons (Fsp3) is 0.920. The zero-order chi connectivity index (χ0) is 19.2. The third-order valence-corrected chi connectivity index (χ3v) is 10.1. The van der Waals surface area contributed by atoms with Crippen LogP contribution < -0.4 is 0 Å². The Balaban J connectivity index is 1.63. The van der Waals surface area contributed by atoms with E-state index < -0.39 is 0 Å². The van der Waals surface area contributed by atoms with Gasteiger partial charge in [-0.05, 0) is 104 Å². The summed E-state index contributed by atoms with van der Waals surface area (Å²) < 4.78 is 0. The first-order chi connectivity index (χ1) is 13.0. The summed E-state index contributed by atoms with van der Waals surface area (Å²) in [5.74, 6) is 6.60. The number of allylic oxidation sites excluding steroid dienone is 1. The summed E-state index contributed by atoms with van der Waals surface area (Å²) in [7, 11) is 0. The lowest BCUT2D eigenvalue weighted by atomic mass is 9.43. The molecule has 4 saturated carbocycles. The van der Waals surface area contributed by atoms with Crippen LogP contribution in [-0.4, -0.2) is 17.7 Å². The minimum atomic E-state index is 0.319. The Morgan fingerprint density at radius 3 is 2.59 bits per heavy atom. The highest BCUT2D eigenvalue weighted by atomic mass is 16.2. The number of fused-ring (bicyclic) bond motifs is 5. The monoisotopic (exact) mass is 372 g/mol. The van der Waals surface area contributed by atoms with Crippen LogP contribution in [0.25, 0.3) is 0 Å². The van der Waals surface area contributed by atoms with Crippen LogP contribution in [-0.2, 0) is 4.79 Å². The molecule has 0 aromatic heterocycles. The predicted molar refractivity (Wildman–Crippen MR) is 110 cm³/mol. The molecule has 4 aliphatic carbocycles. The van der Waals surface area contributed by atoms with E-state index in [-0.39, 0.29) is 0 Å². The Morgan fingerprint density at radius 2 is 1.85 bits per heavy atom. The molecule has 0 spiro atoms. The number of aliphatic hydroxyl groups is 1. The molecule has 4 fully saturated rings. The van der Waals surface area contributed by atoms with Crippen molar-refractivity contribution >= 4 is 5.94 Å². The van der Waals surface area contributed by atoms with Gasteiger partial charge in [-0.2, -0.15) is 0 Å². The highest BCUT2D eigenvalue weighted by Crippen LogP contribution is 2.69. The van der Waals surface area contributed by atoms with E-state index in [1.54, 1.807) is 0 Å². The fourth-order valence-corrected chi connectivity index (χ4v) is 8.72. The van der Waals surface area contributed by atoms with Gasteiger partial charge in [0.2, 0.25) is 0 Å². The van der Waals surface area contributed by atoms with Gasteiger partial charge >= 0.3 is 0 Å². The molecule has 2 nitrogen and oxygen atoms in total. The van der Waals surface area contributed by atoms with Crippen molar-refractivity contribution in [2.24, 2.45) is 46.3 Å². The van der Waals surface area contributed by atoms with Crippen LogP contribution >= 0.6 is 0 Å². The van der Waals surface area contributed by atoms with Crippen LogP contribution in [0.2, 0.25) is 0 Å². The minimum Gasteiger partial charge on any atom is -0.396 e. The molecule has 2 unspecified atom stereocenters. The molecular weight excluding hydrogens is 332 g/mol. The highest BCUT2D eigenvalue weighted by Gasteiger charge is 2.61. The molecule has 4 rings (SSSR count). The first-order valence-corrected chi connectivity index (χ1v) is 11.8. The molecule has 2 heteroatoms. The smallest absolute Gasteiger partial charge is 0.123 e. The van der Waals surface area contributed by atoms with Crippen LogP contribution in [0, 0.1) is 46.3 Å². The second-order valence-electron chi connectivity index (χ2n) is 11.1. The van der Waals surface area contributed by atoms with Crippen molar-refractivity contribution in [3.8, 4) is 0 Å². The zero-order valence-electron chi connectivity index (χ0n) is 17.8. The first kappa shape index (κ1) is 19.7. The van der Waals surface area contributed by atoms with E-state index in [0.29, 0.717) is 35.2 Å². The van der Waals surface area contributed by atoms with E-state index in [9.17, 15) is 9.90 Å². The van der Waals surface area contributed by atoms with E-state index >= 15 is 0 Å². The van der Waals surface area contributed by atoms with Gasteiger partial charge in [-0.25, -0.2) is 4.79 Å². The summed E-state index contributed by atoms with van der Waals surface area (Å²) in [5.41, 5.74) is 2.02. The van der Waals surface area contributed by atoms with Crippen LogP contribution in [0.5, 0.6) is 0 Å². The maximum absolute atomic E-state index is 12.1. The molecule has 0 heterocycles. The average Bonchev–Trinajstić information content (AvgIpc) is 3.02. The molecule has 1 N–H and O–H groups in total. The third-order valence-electron chi connectivity index (χ3n) is 10.1. The molecule has 0 aromatic carbocycles. The van der Waals surface area contributed by atoms with Crippen molar-refractivity contribution in [2.75, 3.05) is 6.61 Å². The van der Waals surface area contributed by atoms with Gasteiger partial charge in [0.15, 0.2) is 0 Å². The quantitative estimate of drug-likeness (QED) is 0.632. The van der Waals surface area contributed by atoms with E-state index in [1.165, 1.54) is 56.9 Å². The van der Waals surface area contributed by atoms with E-state index in [1.807, 2.05) is 0 Å². The zero-order valence-corrected chi connectivity index (χ0v) is 17.8. The molecule has 0 saturated heterocycles. The van der Waals surface area contributed by atoms with Gasteiger partial charge in [-0.3, -0.25) is 0 Å². The maximum atomic E-state index is 12.1. The normalized spacial score (nSPS) is 47.6. The Labute approximate surface area is 166 Å². The summed E-state index contributed by atoms with van der Waals surface area (Å²) in [5, 5.41) is 9.27. The van der Waals surface area contributed by atoms with Crippen molar-refractivity contribution in [2.45, 2.75) is 91.4 Å². The summed E-state index contributed by atoms with van der Waals surface area (Å²) in [6.45, 7) is 7.86. The largest absolute Gasteiger partial charge is 0.396 e. The predicted octanol–water partition coefficient (Wildman–Crippen LogP) is 5.81. The maximum Gasteiger partial charge on any atom is 0.123 e. The molecule has 4 aliphatic rings. The topological polar surface area (TPSA) is 37.3 Å². The van der Waals surface area contributed by atoms with Gasteiger partial charge in [-0.15, -0.1) is 0 Å². The molecule has 0 aliphatic heterocycles. The number of rotatable bonds is 4. The second kappa shape index (κ2) is 7.34. The van der Waals surface area contributed by atoms with Crippen LogP contribution in [0.15, 0.2) is 5.57 Å². The van der Waals surface area contributed by atoms with Crippen molar-refractivity contribution in [1.82, 2.24) is 0 Å². The summed E-state index contributed by atoms with van der Waals surface area (Å²) in [6, 6.07) is 0. The van der Waals surface area contributed by atoms with Gasteiger partial charge in [0.25, 0.3) is 0 Å². The Hall–Kier alpha value is -0.590. The van der Waals surface area contributed by atoms with Gasteiger partial charge < -0.3 is 5.11 Å². The van der Waals surface area contributed by atoms with Crippen molar-refractivity contribution in [1.29, 1.82) is 0 Å². The molecule has 0 bridgehead atoms. The van der Waals surface area contributed by atoms with Crippen LogP contribution in [0.4, 0.5) is 0 Å². The summed E-state index contributed by atoms with van der Waals surface area (Å²) in [4.78, 5) is 12.1. The molecule has 0 radical (unpaired) electrons. The lowest BCUT2D eigenvalue weighted by Crippen LogP contribution is -2.54. The van der Waals surface area contributed by atoms with Gasteiger partial charge in [0.05, 0.1) is 0 Å². The van der Waals surface area contributed by atoms with Crippen LogP contribution in [0.3, 0.4) is 0 Å². The van der Waals surface area contributed by atoms with E-state index in [4.69, 9.17) is 0 Å².